The highest BCUT2D eigenvalue weighted by molar-refractivity contribution is 7.89. The van der Waals surface area contributed by atoms with Crippen molar-refractivity contribution in [2.24, 2.45) is 0 Å². The number of benzene rings is 5. The van der Waals surface area contributed by atoms with Gasteiger partial charge in [0.1, 0.15) is 24.4 Å². The Hall–Kier alpha value is -3.88. The Bertz CT molecular complexity index is 2730. The molecule has 8 atom stereocenters. The van der Waals surface area contributed by atoms with Gasteiger partial charge in [-0.15, -0.1) is 0 Å². The van der Waals surface area contributed by atoms with Crippen molar-refractivity contribution in [2.45, 2.75) is 255 Å². The van der Waals surface area contributed by atoms with Gasteiger partial charge in [0.05, 0.1) is 62.8 Å². The summed E-state index contributed by atoms with van der Waals surface area (Å²) >= 11 is 0. The molecule has 1 heterocycles. The first kappa shape index (κ1) is 70.2. The van der Waals surface area contributed by atoms with Crippen LogP contribution in [0.25, 0.3) is 0 Å². The molecule has 1 fully saturated rings. The lowest BCUT2D eigenvalue weighted by molar-refractivity contribution is -0.329. The van der Waals surface area contributed by atoms with E-state index in [1.54, 1.807) is 12.1 Å². The minimum atomic E-state index is -4.21. The van der Waals surface area contributed by atoms with Gasteiger partial charge in [-0.25, -0.2) is 13.1 Å². The molecular weight excluding hydrogens is 1120 g/mol. The van der Waals surface area contributed by atoms with Gasteiger partial charge in [0.15, 0.2) is 22.9 Å². The molecule has 5 aromatic rings. The first-order valence-electron chi connectivity index (χ1n) is 31.9. The number of hydrogen-bond donors (Lipinski definition) is 1. The van der Waals surface area contributed by atoms with Gasteiger partial charge >= 0.3 is 0 Å². The third kappa shape index (κ3) is 22.9. The maximum Gasteiger partial charge on any atom is 0.241 e. The van der Waals surface area contributed by atoms with Crippen molar-refractivity contribution in [1.82, 2.24) is 4.72 Å². The SMILES string of the molecule is CCCCCCCCCCCCCC[C@@H](O[Si](C)(C)C(C)(C)C)[C@H](O[Si](C)(C)C(C)(C)C)[C@H](CO[C@H]1OC(COCc2ccccc2)[C@H](OCc2ccccc2)[C@@H](OCc2ccccc2)C1OCc1ccccc1)NS(=O)(=O)c1ccccc1C. The van der Waals surface area contributed by atoms with Gasteiger partial charge in [0.25, 0.3) is 0 Å². The van der Waals surface area contributed by atoms with E-state index in [0.29, 0.717) is 18.6 Å². The molecule has 85 heavy (non-hydrogen) atoms. The molecule has 470 valence electrons. The molecule has 0 spiro atoms. The Kier molecular flexibility index (Phi) is 28.7. The zero-order chi connectivity index (χ0) is 61.4. The van der Waals surface area contributed by atoms with Gasteiger partial charge in [0.2, 0.25) is 10.0 Å². The van der Waals surface area contributed by atoms with Gasteiger partial charge in [0, 0.05) is 0 Å². The number of hydrogen-bond acceptors (Lipinski definition) is 10. The number of rotatable bonds is 38. The molecule has 0 saturated carbocycles. The zero-order valence-corrected chi connectivity index (χ0v) is 56.7. The highest BCUT2D eigenvalue weighted by Gasteiger charge is 2.51. The van der Waals surface area contributed by atoms with Crippen LogP contribution in [0, 0.1) is 6.92 Å². The first-order chi connectivity index (χ1) is 40.6. The number of ether oxygens (including phenoxy) is 6. The fourth-order valence-electron chi connectivity index (χ4n) is 10.4. The highest BCUT2D eigenvalue weighted by atomic mass is 32.2. The second-order valence-corrected chi connectivity index (χ2v) is 37.8. The molecule has 0 aromatic heterocycles. The minimum Gasteiger partial charge on any atom is -0.411 e. The summed E-state index contributed by atoms with van der Waals surface area (Å²) in [5.41, 5.74) is 4.56. The van der Waals surface area contributed by atoms with E-state index >= 15 is 8.42 Å². The average Bonchev–Trinajstić information content (AvgIpc) is 3.46. The van der Waals surface area contributed by atoms with Crippen LogP contribution in [0.2, 0.25) is 36.3 Å². The molecule has 0 radical (unpaired) electrons. The molecule has 11 nitrogen and oxygen atoms in total. The third-order valence-corrected chi connectivity index (χ3v) is 28.2. The smallest absolute Gasteiger partial charge is 0.241 e. The van der Waals surface area contributed by atoms with Gasteiger partial charge in [-0.05, 0) is 83.5 Å². The maximum absolute atomic E-state index is 15.3. The second kappa shape index (κ2) is 34.8. The van der Waals surface area contributed by atoms with Crippen LogP contribution in [0.5, 0.6) is 0 Å². The topological polar surface area (TPSA) is 120 Å². The van der Waals surface area contributed by atoms with Gasteiger partial charge in [-0.2, -0.15) is 0 Å². The van der Waals surface area contributed by atoms with Crippen LogP contribution < -0.4 is 4.72 Å². The minimum absolute atomic E-state index is 0.132. The number of unbranched alkanes of at least 4 members (excludes halogenated alkanes) is 11. The van der Waals surface area contributed by atoms with Crippen molar-refractivity contribution in [3.63, 3.8) is 0 Å². The van der Waals surface area contributed by atoms with E-state index in [9.17, 15) is 0 Å². The van der Waals surface area contributed by atoms with Gasteiger partial charge in [-0.3, -0.25) is 0 Å². The maximum atomic E-state index is 15.3. The number of nitrogens with one attached hydrogen (secondary N) is 1. The van der Waals surface area contributed by atoms with E-state index in [1.807, 2.05) is 140 Å². The van der Waals surface area contributed by atoms with E-state index in [0.717, 1.165) is 41.5 Å². The Morgan fingerprint density at radius 1 is 0.506 bits per heavy atom. The molecule has 0 aliphatic carbocycles. The predicted octanol–water partition coefficient (Wildman–Crippen LogP) is 17.2. The summed E-state index contributed by atoms with van der Waals surface area (Å²) in [7, 11) is -9.47. The Labute approximate surface area is 516 Å². The monoisotopic (exact) mass is 1220 g/mol. The first-order valence-corrected chi connectivity index (χ1v) is 39.2. The summed E-state index contributed by atoms with van der Waals surface area (Å²) in [5, 5.41) is -0.391. The van der Waals surface area contributed by atoms with Crippen molar-refractivity contribution in [3.05, 3.63) is 173 Å². The largest absolute Gasteiger partial charge is 0.411 e. The molecule has 0 bridgehead atoms. The normalized spacial score (nSPS) is 19.2. The summed E-state index contributed by atoms with van der Waals surface area (Å²) in [6, 6.07) is 46.4. The van der Waals surface area contributed by atoms with Crippen LogP contribution >= 0.6 is 0 Å². The van der Waals surface area contributed by atoms with Crippen LogP contribution in [0.15, 0.2) is 150 Å². The molecule has 1 saturated heterocycles. The summed E-state index contributed by atoms with van der Waals surface area (Å²) in [6.07, 6.45) is 9.94. The van der Waals surface area contributed by atoms with Crippen LogP contribution in [0.1, 0.15) is 160 Å². The van der Waals surface area contributed by atoms with Crippen molar-refractivity contribution >= 4 is 26.7 Å². The summed E-state index contributed by atoms with van der Waals surface area (Å²) in [6.45, 7) is 27.6. The molecule has 0 amide bonds. The van der Waals surface area contributed by atoms with Crippen LogP contribution in [0.4, 0.5) is 0 Å². The van der Waals surface area contributed by atoms with Crippen molar-refractivity contribution in [3.8, 4) is 0 Å². The molecule has 1 aliphatic rings. The molecular formula is C71H107NO10SSi2. The molecule has 1 aliphatic heterocycles. The summed E-state index contributed by atoms with van der Waals surface area (Å²) in [4.78, 5) is 0.190. The lowest BCUT2D eigenvalue weighted by Crippen LogP contribution is -2.63. The Morgan fingerprint density at radius 2 is 0.918 bits per heavy atom. The average molecular weight is 1220 g/mol. The standard InChI is InChI=1S/C71H107NO10SSi2/c1-13-14-15-16-17-18-19-20-21-22-23-36-48-62(81-84(9,10)70(3,4)5)65(82-85(11,12)71(6,7)8)61(72-83(73,74)64-49-38-37-39-56(64)2)54-79-69-68(78-53-60-46-34-27-35-47-60)67(77-52-59-44-32-26-33-45-59)66(76-51-58-42-30-25-31-43-58)63(80-69)55-75-50-57-40-28-24-29-41-57/h24-35,37-47,49,61-63,65-69,72H,13-23,36,48,50-55H2,1-12H3/t61-,62+,63?,65+,66-,67+,68?,69-/m0/s1. The molecule has 14 heteroatoms. The highest BCUT2D eigenvalue weighted by Crippen LogP contribution is 2.42. The number of aryl methyl sites for hydroxylation is 1. The van der Waals surface area contributed by atoms with E-state index in [1.165, 1.54) is 57.8 Å². The lowest BCUT2D eigenvalue weighted by Gasteiger charge is -2.48. The van der Waals surface area contributed by atoms with Crippen LogP contribution in [-0.4, -0.2) is 87.2 Å². The van der Waals surface area contributed by atoms with Gasteiger partial charge < -0.3 is 37.3 Å². The predicted molar refractivity (Wildman–Crippen MR) is 351 cm³/mol. The fraction of sp³-hybridized carbons (Fsp3) is 0.577. The van der Waals surface area contributed by atoms with Gasteiger partial charge in [-0.1, -0.05) is 265 Å². The molecule has 2 unspecified atom stereocenters. The number of sulfonamides is 1. The zero-order valence-electron chi connectivity index (χ0n) is 53.9. The second-order valence-electron chi connectivity index (χ2n) is 26.6. The van der Waals surface area contributed by atoms with Crippen molar-refractivity contribution in [2.75, 3.05) is 13.2 Å². The van der Waals surface area contributed by atoms with E-state index in [-0.39, 0.29) is 48.0 Å². The van der Waals surface area contributed by atoms with E-state index < -0.39 is 75.6 Å². The summed E-state index contributed by atoms with van der Waals surface area (Å²) in [5.74, 6) is 0. The lowest BCUT2D eigenvalue weighted by atomic mass is 9.97. The third-order valence-electron chi connectivity index (χ3n) is 17.6. The Morgan fingerprint density at radius 3 is 1.39 bits per heavy atom. The Balaban J connectivity index is 1.44. The van der Waals surface area contributed by atoms with E-state index in [2.05, 4.69) is 79.4 Å². The quantitative estimate of drug-likeness (QED) is 0.0302. The van der Waals surface area contributed by atoms with Crippen LogP contribution in [-0.2, 0) is 73.7 Å². The van der Waals surface area contributed by atoms with E-state index in [4.69, 9.17) is 37.3 Å². The fourth-order valence-corrected chi connectivity index (χ4v) is 14.6. The molecule has 6 rings (SSSR count). The van der Waals surface area contributed by atoms with Crippen molar-refractivity contribution < 1.29 is 45.7 Å². The molecule has 1 N–H and O–H groups in total. The van der Waals surface area contributed by atoms with Crippen molar-refractivity contribution in [1.29, 1.82) is 0 Å². The van der Waals surface area contributed by atoms with Crippen LogP contribution in [0.3, 0.4) is 0 Å². The summed E-state index contributed by atoms with van der Waals surface area (Å²) < 4.78 is 91.6. The molecule has 5 aromatic carbocycles.